The first-order valence-electron chi connectivity index (χ1n) is 12.0. The molecule has 0 aliphatic heterocycles. The molecule has 13 heteroatoms. The summed E-state index contributed by atoms with van der Waals surface area (Å²) in [6.07, 6.45) is 0.490. The lowest BCUT2D eigenvalue weighted by Gasteiger charge is -2.08. The van der Waals surface area contributed by atoms with E-state index in [0.29, 0.717) is 22.4 Å². The van der Waals surface area contributed by atoms with Crippen molar-refractivity contribution in [2.24, 2.45) is 0 Å². The Hall–Kier alpha value is -5.59. The Kier molecular flexibility index (Phi) is 7.41. The number of nitrogens with one attached hydrogen (secondary N) is 1. The zero-order chi connectivity index (χ0) is 29.0. The van der Waals surface area contributed by atoms with Crippen LogP contribution in [0.25, 0.3) is 16.9 Å². The predicted molar refractivity (Wildman–Crippen MR) is 140 cm³/mol. The highest BCUT2D eigenvalue weighted by Gasteiger charge is 2.39. The van der Waals surface area contributed by atoms with Gasteiger partial charge in [0.1, 0.15) is 5.75 Å². The van der Waals surface area contributed by atoms with Crippen LogP contribution in [0.5, 0.6) is 11.8 Å². The molecule has 0 aliphatic rings. The maximum atomic E-state index is 13.6. The predicted octanol–water partition coefficient (Wildman–Crippen LogP) is 5.41. The topological polar surface area (TPSA) is 132 Å². The van der Waals surface area contributed by atoms with Crippen LogP contribution in [0.1, 0.15) is 21.6 Å². The van der Waals surface area contributed by atoms with Gasteiger partial charge in [-0.1, -0.05) is 30.3 Å². The first-order valence-corrected chi connectivity index (χ1v) is 12.0. The molecule has 0 saturated carbocycles. The van der Waals surface area contributed by atoms with Gasteiger partial charge in [-0.05, 0) is 47.5 Å². The van der Waals surface area contributed by atoms with Crippen molar-refractivity contribution in [3.05, 3.63) is 108 Å². The van der Waals surface area contributed by atoms with E-state index in [1.165, 1.54) is 36.8 Å². The highest BCUT2D eigenvalue weighted by Crippen LogP contribution is 2.32. The molecule has 0 radical (unpaired) electrons. The summed E-state index contributed by atoms with van der Waals surface area (Å²) in [7, 11) is 0. The van der Waals surface area contributed by atoms with Crippen LogP contribution in [0.4, 0.5) is 18.9 Å². The molecular weight excluding hydrogens is 541 g/mol. The van der Waals surface area contributed by atoms with Gasteiger partial charge in [-0.2, -0.15) is 18.3 Å². The van der Waals surface area contributed by atoms with Crippen LogP contribution in [-0.4, -0.2) is 41.7 Å². The number of halogens is 3. The normalized spacial score (nSPS) is 11.2. The van der Waals surface area contributed by atoms with E-state index in [0.717, 1.165) is 10.9 Å². The third-order valence-corrected chi connectivity index (χ3v) is 5.70. The van der Waals surface area contributed by atoms with Gasteiger partial charge in [-0.15, -0.1) is 0 Å². The minimum absolute atomic E-state index is 0.0790. The van der Waals surface area contributed by atoms with Gasteiger partial charge in [-0.3, -0.25) is 9.59 Å². The molecule has 5 aromatic rings. The number of benzene rings is 2. The number of nitrogens with zero attached hydrogens (tertiary/aromatic N) is 5. The van der Waals surface area contributed by atoms with Crippen LogP contribution in [0.3, 0.4) is 0 Å². The van der Waals surface area contributed by atoms with Crippen molar-refractivity contribution in [2.75, 3.05) is 5.32 Å². The molecule has 206 valence electrons. The van der Waals surface area contributed by atoms with Crippen LogP contribution in [0.2, 0.25) is 0 Å². The number of carbonyl (C=O) groups is 2. The Balaban J connectivity index is 1.26. The summed E-state index contributed by atoms with van der Waals surface area (Å²) in [5.41, 5.74) is 0.237. The summed E-state index contributed by atoms with van der Waals surface area (Å²) in [4.78, 5) is 35.9. The van der Waals surface area contributed by atoms with E-state index in [-0.39, 0.29) is 23.9 Å². The molecule has 2 aromatic carbocycles. The quantitative estimate of drug-likeness (QED) is 0.257. The molecule has 2 N–H and O–H groups in total. The van der Waals surface area contributed by atoms with Gasteiger partial charge < -0.3 is 15.2 Å². The lowest BCUT2D eigenvalue weighted by atomic mass is 10.1. The standard InChI is InChI=1S/C28H19F3N6O4/c29-28(30,31)25-22(16-37(36-25)23-3-1-2-12-32-23)26(40)35-20-8-6-18(7-9-20)19-14-33-27(34-15-19)41-21-10-4-17(5-11-21)13-24(38)39/h1-12,14-16H,13H2,(H,35,40)(H,38,39). The maximum absolute atomic E-state index is 13.6. The van der Waals surface area contributed by atoms with Gasteiger partial charge in [0.05, 0.1) is 12.0 Å². The molecule has 0 bridgehead atoms. The highest BCUT2D eigenvalue weighted by molar-refractivity contribution is 6.05. The number of amides is 1. The number of pyridine rings is 1. The molecule has 41 heavy (non-hydrogen) atoms. The third-order valence-electron chi connectivity index (χ3n) is 5.70. The van der Waals surface area contributed by atoms with Crippen LogP contribution in [0.15, 0.2) is 91.5 Å². The van der Waals surface area contributed by atoms with E-state index in [2.05, 4.69) is 25.4 Å². The van der Waals surface area contributed by atoms with Crippen molar-refractivity contribution in [1.29, 1.82) is 0 Å². The van der Waals surface area contributed by atoms with Gasteiger partial charge >= 0.3 is 18.2 Å². The number of alkyl halides is 3. The lowest BCUT2D eigenvalue weighted by molar-refractivity contribution is -0.141. The van der Waals surface area contributed by atoms with E-state index >= 15 is 0 Å². The van der Waals surface area contributed by atoms with Crippen LogP contribution in [0, 0.1) is 0 Å². The Morgan fingerprint density at radius 1 is 0.902 bits per heavy atom. The van der Waals surface area contributed by atoms with E-state index in [1.807, 2.05) is 0 Å². The molecule has 0 atom stereocenters. The van der Waals surface area contributed by atoms with Gasteiger partial charge in [-0.25, -0.2) is 19.6 Å². The molecule has 1 amide bonds. The molecule has 0 spiro atoms. The number of hydrogen-bond donors (Lipinski definition) is 2. The highest BCUT2D eigenvalue weighted by atomic mass is 19.4. The van der Waals surface area contributed by atoms with Gasteiger partial charge in [0, 0.05) is 36.0 Å². The summed E-state index contributed by atoms with van der Waals surface area (Å²) < 4.78 is 47.3. The molecule has 10 nitrogen and oxygen atoms in total. The molecule has 3 heterocycles. The number of aromatic nitrogens is 5. The SMILES string of the molecule is O=C(O)Cc1ccc(Oc2ncc(-c3ccc(NC(=O)c4cn(-c5ccccn5)nc4C(F)(F)F)cc3)cn2)cc1. The number of ether oxygens (including phenoxy) is 1. The van der Waals surface area contributed by atoms with Crippen molar-refractivity contribution < 1.29 is 32.6 Å². The molecular formula is C28H19F3N6O4. The number of carbonyl (C=O) groups excluding carboxylic acids is 1. The number of aliphatic carboxylic acids is 1. The first kappa shape index (κ1) is 27.0. The maximum Gasteiger partial charge on any atom is 0.435 e. The first-order chi connectivity index (χ1) is 19.7. The Morgan fingerprint density at radius 3 is 2.22 bits per heavy atom. The van der Waals surface area contributed by atoms with Crippen molar-refractivity contribution in [3.63, 3.8) is 0 Å². The monoisotopic (exact) mass is 560 g/mol. The van der Waals surface area contributed by atoms with Crippen LogP contribution in [-0.2, 0) is 17.4 Å². The summed E-state index contributed by atoms with van der Waals surface area (Å²) in [6.45, 7) is 0. The summed E-state index contributed by atoms with van der Waals surface area (Å²) in [6, 6.07) is 17.6. The second-order valence-electron chi connectivity index (χ2n) is 8.62. The van der Waals surface area contributed by atoms with Crippen molar-refractivity contribution in [3.8, 4) is 28.7 Å². The number of carboxylic acids is 1. The van der Waals surface area contributed by atoms with E-state index < -0.39 is 29.3 Å². The van der Waals surface area contributed by atoms with Gasteiger partial charge in [0.15, 0.2) is 11.5 Å². The molecule has 0 aliphatic carbocycles. The van der Waals surface area contributed by atoms with Crippen molar-refractivity contribution >= 4 is 17.6 Å². The fraction of sp³-hybridized carbons (Fsp3) is 0.0714. The summed E-state index contributed by atoms with van der Waals surface area (Å²) >= 11 is 0. The second kappa shape index (κ2) is 11.3. The Bertz CT molecular complexity index is 1670. The van der Waals surface area contributed by atoms with E-state index in [4.69, 9.17) is 9.84 Å². The lowest BCUT2D eigenvalue weighted by Crippen LogP contribution is -2.17. The van der Waals surface area contributed by atoms with Gasteiger partial charge in [0.25, 0.3) is 5.91 Å². The average molecular weight is 560 g/mol. The zero-order valence-corrected chi connectivity index (χ0v) is 20.9. The number of carboxylic acid groups (broad SMARTS) is 1. The smallest absolute Gasteiger partial charge is 0.435 e. The molecule has 0 fully saturated rings. The molecule has 3 aromatic heterocycles. The van der Waals surface area contributed by atoms with Crippen LogP contribution >= 0.6 is 0 Å². The largest absolute Gasteiger partial charge is 0.481 e. The molecule has 0 unspecified atom stereocenters. The minimum atomic E-state index is -4.85. The Labute approximate surface area is 230 Å². The third kappa shape index (κ3) is 6.53. The fourth-order valence-corrected chi connectivity index (χ4v) is 3.77. The minimum Gasteiger partial charge on any atom is -0.481 e. The molecule has 5 rings (SSSR count). The van der Waals surface area contributed by atoms with Gasteiger partial charge in [0.2, 0.25) is 0 Å². The van der Waals surface area contributed by atoms with E-state index in [9.17, 15) is 22.8 Å². The molecule has 0 saturated heterocycles. The van der Waals surface area contributed by atoms with Crippen molar-refractivity contribution in [1.82, 2.24) is 24.7 Å². The van der Waals surface area contributed by atoms with Crippen molar-refractivity contribution in [2.45, 2.75) is 12.6 Å². The summed E-state index contributed by atoms with van der Waals surface area (Å²) in [5, 5.41) is 14.9. The number of rotatable bonds is 8. The second-order valence-corrected chi connectivity index (χ2v) is 8.62. The number of hydrogen-bond acceptors (Lipinski definition) is 7. The fourth-order valence-electron chi connectivity index (χ4n) is 3.77. The summed E-state index contributed by atoms with van der Waals surface area (Å²) in [5.74, 6) is -1.34. The average Bonchev–Trinajstić information content (AvgIpc) is 3.42. The van der Waals surface area contributed by atoms with Crippen LogP contribution < -0.4 is 10.1 Å². The Morgan fingerprint density at radius 2 is 1.61 bits per heavy atom. The zero-order valence-electron chi connectivity index (χ0n) is 20.9. The number of anilines is 1. The van der Waals surface area contributed by atoms with E-state index in [1.54, 1.807) is 48.5 Å².